The zero-order chi connectivity index (χ0) is 19.8. The lowest BCUT2D eigenvalue weighted by atomic mass is 10.0. The van der Waals surface area contributed by atoms with Crippen LogP contribution in [0.5, 0.6) is 0 Å². The molecule has 5 nitrogen and oxygen atoms in total. The molecule has 5 rings (SSSR count). The molecule has 140 valence electrons. The number of rotatable bonds is 4. The molecule has 29 heavy (non-hydrogen) atoms. The van der Waals surface area contributed by atoms with Crippen LogP contribution in [0.25, 0.3) is 28.0 Å². The first-order chi connectivity index (χ1) is 14.2. The van der Waals surface area contributed by atoms with Crippen LogP contribution >= 0.6 is 11.3 Å². The summed E-state index contributed by atoms with van der Waals surface area (Å²) in [5.74, 6) is -0.0619. The predicted molar refractivity (Wildman–Crippen MR) is 116 cm³/mol. The molecule has 0 amide bonds. The highest BCUT2D eigenvalue weighted by atomic mass is 32.1. The Kier molecular flexibility index (Phi) is 4.18. The summed E-state index contributed by atoms with van der Waals surface area (Å²) in [7, 11) is 0. The summed E-state index contributed by atoms with van der Waals surface area (Å²) in [6.45, 7) is 0. The number of anilines is 1. The molecule has 0 aliphatic heterocycles. The van der Waals surface area contributed by atoms with Crippen LogP contribution in [-0.4, -0.2) is 20.4 Å². The number of nitrogens with zero attached hydrogens (tertiary/aromatic N) is 3. The van der Waals surface area contributed by atoms with E-state index in [1.54, 1.807) is 16.9 Å². The molecule has 5 aromatic rings. The second kappa shape index (κ2) is 7.00. The van der Waals surface area contributed by atoms with Crippen LogP contribution in [0.15, 0.2) is 84.5 Å². The average molecular weight is 396 g/mol. The molecule has 0 aliphatic rings. The number of carbonyl (C=O) groups excluding carboxylic acids is 1. The summed E-state index contributed by atoms with van der Waals surface area (Å²) < 4.78 is 1.72. The second-order valence-corrected chi connectivity index (χ2v) is 7.58. The first-order valence-electron chi connectivity index (χ1n) is 9.08. The fraction of sp³-hybridized carbons (Fsp3) is 0. The number of carbonyl (C=O) groups is 1. The molecule has 0 spiro atoms. The lowest BCUT2D eigenvalue weighted by Crippen LogP contribution is -2.01. The van der Waals surface area contributed by atoms with E-state index in [9.17, 15) is 4.79 Å². The predicted octanol–water partition coefficient (Wildman–Crippen LogP) is 4.94. The number of nitrogen functional groups attached to an aromatic ring is 1. The van der Waals surface area contributed by atoms with E-state index in [0.717, 1.165) is 28.1 Å². The molecular weight excluding hydrogens is 380 g/mol. The average Bonchev–Trinajstić information content (AvgIpc) is 3.43. The summed E-state index contributed by atoms with van der Waals surface area (Å²) in [5, 5.41) is 6.35. The molecule has 0 radical (unpaired) electrons. The summed E-state index contributed by atoms with van der Waals surface area (Å²) in [5.41, 5.74) is 11.7. The van der Waals surface area contributed by atoms with Gasteiger partial charge in [-0.05, 0) is 46.8 Å². The van der Waals surface area contributed by atoms with Crippen LogP contribution in [0.2, 0.25) is 0 Å². The Morgan fingerprint density at radius 3 is 2.52 bits per heavy atom. The Balaban J connectivity index is 1.61. The highest BCUT2D eigenvalue weighted by Crippen LogP contribution is 2.28. The maximum Gasteiger partial charge on any atom is 0.208 e. The number of hydrogen-bond donors (Lipinski definition) is 1. The Morgan fingerprint density at radius 2 is 1.72 bits per heavy atom. The van der Waals surface area contributed by atoms with Crippen LogP contribution in [0.4, 0.5) is 5.69 Å². The first kappa shape index (κ1) is 17.3. The van der Waals surface area contributed by atoms with Gasteiger partial charge in [-0.15, -0.1) is 11.3 Å². The van der Waals surface area contributed by atoms with E-state index in [1.807, 2.05) is 66.0 Å². The maximum absolute atomic E-state index is 12.8. The largest absolute Gasteiger partial charge is 0.399 e. The van der Waals surface area contributed by atoms with E-state index in [2.05, 4.69) is 16.1 Å². The number of nitrogens with two attached hydrogens (primary N) is 1. The number of benzene rings is 2. The molecule has 3 aromatic heterocycles. The standard InChI is InChI=1S/C23H16N4OS/c24-18-7-2-5-16(13-18)15-4-1-6-17(12-15)20-9-10-25-23-19(14-26-27(20)23)22(28)21-8-3-11-29-21/h1-14H,24H2. The van der Waals surface area contributed by atoms with E-state index in [4.69, 9.17) is 5.73 Å². The SMILES string of the molecule is Nc1cccc(-c2cccc(-c3ccnc4c(C(=O)c5cccs5)cnn34)c2)c1. The van der Waals surface area contributed by atoms with Gasteiger partial charge < -0.3 is 5.73 Å². The van der Waals surface area contributed by atoms with Crippen molar-refractivity contribution in [3.63, 3.8) is 0 Å². The monoisotopic (exact) mass is 396 g/mol. The van der Waals surface area contributed by atoms with Gasteiger partial charge in [-0.3, -0.25) is 4.79 Å². The molecule has 0 atom stereocenters. The molecule has 2 aromatic carbocycles. The minimum Gasteiger partial charge on any atom is -0.399 e. The van der Waals surface area contributed by atoms with Crippen LogP contribution in [0.1, 0.15) is 15.2 Å². The highest BCUT2D eigenvalue weighted by molar-refractivity contribution is 7.12. The number of thiophene rings is 1. The van der Waals surface area contributed by atoms with Gasteiger partial charge in [0.1, 0.15) is 0 Å². The summed E-state index contributed by atoms with van der Waals surface area (Å²) in [4.78, 5) is 17.9. The van der Waals surface area contributed by atoms with E-state index < -0.39 is 0 Å². The molecule has 0 saturated carbocycles. The normalized spacial score (nSPS) is 11.0. The van der Waals surface area contributed by atoms with Gasteiger partial charge in [0, 0.05) is 17.4 Å². The number of hydrogen-bond acceptors (Lipinski definition) is 5. The Hall–Kier alpha value is -3.77. The fourth-order valence-electron chi connectivity index (χ4n) is 3.39. The van der Waals surface area contributed by atoms with Crippen molar-refractivity contribution in [2.45, 2.75) is 0 Å². The van der Waals surface area contributed by atoms with E-state index >= 15 is 0 Å². The molecule has 2 N–H and O–H groups in total. The third kappa shape index (κ3) is 3.09. The Bertz CT molecular complexity index is 1340. The zero-order valence-electron chi connectivity index (χ0n) is 15.3. The van der Waals surface area contributed by atoms with Crippen LogP contribution in [0.3, 0.4) is 0 Å². The van der Waals surface area contributed by atoms with E-state index in [0.29, 0.717) is 16.1 Å². The second-order valence-electron chi connectivity index (χ2n) is 6.64. The Morgan fingerprint density at radius 1 is 0.931 bits per heavy atom. The van der Waals surface area contributed by atoms with E-state index in [-0.39, 0.29) is 5.78 Å². The minimum absolute atomic E-state index is 0.0619. The molecule has 0 fully saturated rings. The minimum atomic E-state index is -0.0619. The van der Waals surface area contributed by atoms with Gasteiger partial charge in [-0.1, -0.05) is 36.4 Å². The van der Waals surface area contributed by atoms with Gasteiger partial charge in [0.2, 0.25) is 5.78 Å². The Labute approximate surface area is 171 Å². The van der Waals surface area contributed by atoms with Gasteiger partial charge in [0.05, 0.1) is 22.3 Å². The van der Waals surface area contributed by atoms with E-state index in [1.165, 1.54) is 11.3 Å². The van der Waals surface area contributed by atoms with Crippen molar-refractivity contribution in [2.75, 3.05) is 5.73 Å². The van der Waals surface area contributed by atoms with Crippen LogP contribution in [-0.2, 0) is 0 Å². The summed E-state index contributed by atoms with van der Waals surface area (Å²) >= 11 is 1.41. The van der Waals surface area contributed by atoms with Crippen LogP contribution < -0.4 is 5.73 Å². The molecule has 6 heteroatoms. The van der Waals surface area contributed by atoms with Gasteiger partial charge in [0.15, 0.2) is 5.65 Å². The van der Waals surface area contributed by atoms with Crippen molar-refractivity contribution in [2.24, 2.45) is 0 Å². The highest BCUT2D eigenvalue weighted by Gasteiger charge is 2.18. The van der Waals surface area contributed by atoms with Crippen molar-refractivity contribution in [1.82, 2.24) is 14.6 Å². The van der Waals surface area contributed by atoms with Crippen molar-refractivity contribution in [3.8, 4) is 22.4 Å². The molecule has 0 aliphatic carbocycles. The summed E-state index contributed by atoms with van der Waals surface area (Å²) in [6.07, 6.45) is 3.31. The lowest BCUT2D eigenvalue weighted by molar-refractivity contribution is 0.104. The van der Waals surface area contributed by atoms with Crippen LogP contribution in [0, 0.1) is 0 Å². The van der Waals surface area contributed by atoms with Gasteiger partial charge in [0.25, 0.3) is 0 Å². The lowest BCUT2D eigenvalue weighted by Gasteiger charge is -2.08. The smallest absolute Gasteiger partial charge is 0.208 e. The zero-order valence-corrected chi connectivity index (χ0v) is 16.1. The van der Waals surface area contributed by atoms with Gasteiger partial charge in [-0.2, -0.15) is 5.10 Å². The quantitative estimate of drug-likeness (QED) is 0.345. The third-order valence-electron chi connectivity index (χ3n) is 4.77. The van der Waals surface area contributed by atoms with Gasteiger partial charge in [-0.25, -0.2) is 9.50 Å². The van der Waals surface area contributed by atoms with Crippen molar-refractivity contribution < 1.29 is 4.79 Å². The van der Waals surface area contributed by atoms with Gasteiger partial charge >= 0.3 is 0 Å². The fourth-order valence-corrected chi connectivity index (χ4v) is 4.06. The summed E-state index contributed by atoms with van der Waals surface area (Å²) in [6, 6.07) is 21.5. The molecule has 0 unspecified atom stereocenters. The molecule has 3 heterocycles. The van der Waals surface area contributed by atoms with Crippen molar-refractivity contribution >= 4 is 28.5 Å². The van der Waals surface area contributed by atoms with Crippen molar-refractivity contribution in [3.05, 3.63) is 94.9 Å². The number of aromatic nitrogens is 3. The molecular formula is C23H16N4OS. The van der Waals surface area contributed by atoms with Crippen molar-refractivity contribution in [1.29, 1.82) is 0 Å². The molecule has 0 saturated heterocycles. The molecule has 0 bridgehead atoms. The third-order valence-corrected chi connectivity index (χ3v) is 5.64. The maximum atomic E-state index is 12.8. The topological polar surface area (TPSA) is 73.3 Å². The first-order valence-corrected chi connectivity index (χ1v) is 9.96. The number of ketones is 1. The number of fused-ring (bicyclic) bond motifs is 1.